The maximum atomic E-state index is 12.1. The highest BCUT2D eigenvalue weighted by molar-refractivity contribution is 5.91. The van der Waals surface area contributed by atoms with Gasteiger partial charge in [-0.1, -0.05) is 0 Å². The molecule has 0 aliphatic heterocycles. The van der Waals surface area contributed by atoms with Crippen molar-refractivity contribution in [1.82, 2.24) is 4.57 Å². The number of benzene rings is 1. The van der Waals surface area contributed by atoms with Crippen LogP contribution in [0.25, 0.3) is 5.69 Å². The van der Waals surface area contributed by atoms with Crippen molar-refractivity contribution in [2.75, 3.05) is 0 Å². The number of hydrogen-bond donors (Lipinski definition) is 2. The highest BCUT2D eigenvalue weighted by atomic mass is 16.6. The van der Waals surface area contributed by atoms with Crippen LogP contribution in [0.4, 0.5) is 5.69 Å². The first kappa shape index (κ1) is 13.8. The molecule has 2 atom stereocenters. The highest BCUT2D eigenvalue weighted by Gasteiger charge is 2.45. The van der Waals surface area contributed by atoms with E-state index in [0.717, 1.165) is 6.42 Å². The second-order valence-electron chi connectivity index (χ2n) is 6.08. The Morgan fingerprint density at radius 1 is 1.09 bits per heavy atom. The Morgan fingerprint density at radius 2 is 1.74 bits per heavy atom. The molecule has 0 unspecified atom stereocenters. The fourth-order valence-electron chi connectivity index (χ4n) is 3.86. The number of carbonyl (C=O) groups is 1. The number of hydrogen-bond acceptors (Lipinski definition) is 5. The minimum atomic E-state index is -0.511. The molecule has 7 heteroatoms. The monoisotopic (exact) mass is 314 g/mol. The molecule has 1 aromatic heterocycles. The summed E-state index contributed by atoms with van der Waals surface area (Å²) in [6.45, 7) is 0. The molecule has 0 saturated heterocycles. The zero-order chi connectivity index (χ0) is 16.3. The van der Waals surface area contributed by atoms with Crippen LogP contribution < -0.4 is 0 Å². The largest absolute Gasteiger partial charge is 0.494 e. The number of aromatic hydroxyl groups is 2. The van der Waals surface area contributed by atoms with Crippen molar-refractivity contribution in [1.29, 1.82) is 0 Å². The average Bonchev–Trinajstić information content (AvgIpc) is 2.81. The normalized spacial score (nSPS) is 22.2. The molecular weight excluding hydrogens is 300 g/mol. The van der Waals surface area contributed by atoms with E-state index in [1.807, 2.05) is 0 Å². The van der Waals surface area contributed by atoms with Gasteiger partial charge in [-0.2, -0.15) is 0 Å². The van der Waals surface area contributed by atoms with E-state index in [1.165, 1.54) is 28.8 Å². The topological polar surface area (TPSA) is 106 Å². The summed E-state index contributed by atoms with van der Waals surface area (Å²) in [6.07, 6.45) is 1.91. The Kier molecular flexibility index (Phi) is 2.75. The fraction of sp³-hybridized carbons (Fsp3) is 0.312. The van der Waals surface area contributed by atoms with Crippen molar-refractivity contribution in [2.45, 2.75) is 31.1 Å². The summed E-state index contributed by atoms with van der Waals surface area (Å²) in [5, 5.41) is 31.8. The molecule has 5 rings (SSSR count). The minimum absolute atomic E-state index is 0.0623. The van der Waals surface area contributed by atoms with Crippen LogP contribution in [0.1, 0.15) is 42.2 Å². The third kappa shape index (κ3) is 1.79. The van der Waals surface area contributed by atoms with E-state index < -0.39 is 4.92 Å². The van der Waals surface area contributed by atoms with Gasteiger partial charge in [0.1, 0.15) is 5.78 Å². The number of nitro groups is 1. The number of ketones is 1. The SMILES string of the molecule is O=C1C[C@@H]2CC[C@H]1c1c2c(O)n(-c2ccc([N+](=O)[O-])cc2)c1O. The molecular formula is C16H14N2O5. The summed E-state index contributed by atoms with van der Waals surface area (Å²) in [4.78, 5) is 22.3. The standard InChI is InChI=1S/C16H14N2O5/c19-12-7-8-1-6-11(12)14-13(8)15(20)17(16(14)21)9-2-4-10(5-3-9)18(22)23/h2-5,8,11,20-21H,1,6-7H2/t8-,11+/m0/s1. The van der Waals surface area contributed by atoms with E-state index in [2.05, 4.69) is 0 Å². The highest BCUT2D eigenvalue weighted by Crippen LogP contribution is 2.55. The number of non-ortho nitro benzene ring substituents is 1. The van der Waals surface area contributed by atoms with E-state index in [-0.39, 0.29) is 35.1 Å². The summed E-state index contributed by atoms with van der Waals surface area (Å²) in [5.74, 6) is -0.541. The van der Waals surface area contributed by atoms with Crippen LogP contribution in [0.3, 0.4) is 0 Å². The molecule has 2 bridgehead atoms. The molecule has 3 aliphatic carbocycles. The lowest BCUT2D eigenvalue weighted by Gasteiger charge is -2.34. The maximum Gasteiger partial charge on any atom is 0.269 e. The molecule has 118 valence electrons. The van der Waals surface area contributed by atoms with Gasteiger partial charge in [-0.15, -0.1) is 0 Å². The van der Waals surface area contributed by atoms with Gasteiger partial charge < -0.3 is 10.2 Å². The van der Waals surface area contributed by atoms with Gasteiger partial charge in [-0.05, 0) is 30.9 Å². The number of nitro benzene ring substituents is 1. The Morgan fingerprint density at radius 3 is 2.35 bits per heavy atom. The van der Waals surface area contributed by atoms with Crippen LogP contribution in [-0.2, 0) is 4.79 Å². The molecule has 2 aromatic rings. The molecule has 2 N–H and O–H groups in total. The number of Topliss-reactive ketones (excluding diaryl/α,β-unsaturated/α-hetero) is 1. The summed E-state index contributed by atoms with van der Waals surface area (Å²) in [6, 6.07) is 5.55. The quantitative estimate of drug-likeness (QED) is 0.655. The first-order chi connectivity index (χ1) is 11.0. The lowest BCUT2D eigenvalue weighted by Crippen LogP contribution is -2.28. The van der Waals surface area contributed by atoms with Crippen molar-refractivity contribution < 1.29 is 19.9 Å². The minimum Gasteiger partial charge on any atom is -0.494 e. The number of carbonyl (C=O) groups excluding carboxylic acids is 1. The number of aromatic nitrogens is 1. The van der Waals surface area contributed by atoms with Gasteiger partial charge in [0, 0.05) is 35.6 Å². The van der Waals surface area contributed by atoms with Gasteiger partial charge in [-0.3, -0.25) is 19.5 Å². The molecule has 0 amide bonds. The lowest BCUT2D eigenvalue weighted by atomic mass is 9.67. The van der Waals surface area contributed by atoms with E-state index in [1.54, 1.807) is 0 Å². The van der Waals surface area contributed by atoms with Gasteiger partial charge >= 0.3 is 0 Å². The zero-order valence-corrected chi connectivity index (χ0v) is 12.1. The Labute approximate surface area is 130 Å². The van der Waals surface area contributed by atoms with Gasteiger partial charge in [0.25, 0.3) is 5.69 Å². The van der Waals surface area contributed by atoms with Crippen LogP contribution in [0.2, 0.25) is 0 Å². The van der Waals surface area contributed by atoms with Crippen molar-refractivity contribution in [3.63, 3.8) is 0 Å². The smallest absolute Gasteiger partial charge is 0.269 e. The molecule has 0 spiro atoms. The van der Waals surface area contributed by atoms with Gasteiger partial charge in [0.15, 0.2) is 0 Å². The van der Waals surface area contributed by atoms with E-state index in [9.17, 15) is 25.1 Å². The first-order valence-corrected chi connectivity index (χ1v) is 7.43. The summed E-state index contributed by atoms with van der Waals surface area (Å²) < 4.78 is 1.26. The number of nitrogens with zero attached hydrogens (tertiary/aromatic N) is 2. The molecule has 1 fully saturated rings. The molecule has 7 nitrogen and oxygen atoms in total. The van der Waals surface area contributed by atoms with Crippen molar-refractivity contribution in [3.05, 3.63) is 45.5 Å². The van der Waals surface area contributed by atoms with Gasteiger partial charge in [-0.25, -0.2) is 0 Å². The predicted octanol–water partition coefficient (Wildman–Crippen LogP) is 2.73. The second-order valence-corrected chi connectivity index (χ2v) is 6.08. The summed E-state index contributed by atoms with van der Waals surface area (Å²) >= 11 is 0. The van der Waals surface area contributed by atoms with Crippen LogP contribution in [0.5, 0.6) is 11.8 Å². The third-order valence-electron chi connectivity index (χ3n) is 4.91. The van der Waals surface area contributed by atoms with Gasteiger partial charge in [0.05, 0.1) is 10.6 Å². The van der Waals surface area contributed by atoms with Crippen molar-refractivity contribution in [2.24, 2.45) is 0 Å². The Balaban J connectivity index is 1.88. The zero-order valence-electron chi connectivity index (χ0n) is 12.1. The van der Waals surface area contributed by atoms with Crippen LogP contribution in [0.15, 0.2) is 24.3 Å². The molecule has 23 heavy (non-hydrogen) atoms. The van der Waals surface area contributed by atoms with Crippen LogP contribution in [0, 0.1) is 10.1 Å². The molecule has 1 saturated carbocycles. The van der Waals surface area contributed by atoms with Crippen molar-refractivity contribution >= 4 is 11.5 Å². The van der Waals surface area contributed by atoms with Gasteiger partial charge in [0.2, 0.25) is 11.8 Å². The molecule has 0 radical (unpaired) electrons. The first-order valence-electron chi connectivity index (χ1n) is 7.43. The Hall–Kier alpha value is -2.83. The average molecular weight is 314 g/mol. The number of fused-ring (bicyclic) bond motifs is 2. The number of rotatable bonds is 2. The van der Waals surface area contributed by atoms with Crippen LogP contribution >= 0.6 is 0 Å². The summed E-state index contributed by atoms with van der Waals surface area (Å²) in [7, 11) is 0. The summed E-state index contributed by atoms with van der Waals surface area (Å²) in [5.41, 5.74) is 1.52. The molecule has 3 aliphatic rings. The maximum absolute atomic E-state index is 12.1. The second kappa shape index (κ2) is 4.58. The Bertz CT molecular complexity index is 837. The van der Waals surface area contributed by atoms with E-state index in [4.69, 9.17) is 0 Å². The van der Waals surface area contributed by atoms with E-state index >= 15 is 0 Å². The fourth-order valence-corrected chi connectivity index (χ4v) is 3.86. The van der Waals surface area contributed by atoms with E-state index in [0.29, 0.717) is 29.7 Å². The van der Waals surface area contributed by atoms with Crippen molar-refractivity contribution in [3.8, 4) is 17.4 Å². The third-order valence-corrected chi connectivity index (χ3v) is 4.91. The van der Waals surface area contributed by atoms with Crippen LogP contribution in [-0.4, -0.2) is 25.5 Å². The molecule has 1 heterocycles. The molecule has 1 aromatic carbocycles. The predicted molar refractivity (Wildman–Crippen MR) is 80.1 cm³/mol. The lowest BCUT2D eigenvalue weighted by molar-refractivity contribution is -0.384.